The molecule has 0 atom stereocenters. The van der Waals surface area contributed by atoms with Gasteiger partial charge in [-0.3, -0.25) is 0 Å². The zero-order chi connectivity index (χ0) is 12.1. The molecule has 1 heterocycles. The summed E-state index contributed by atoms with van der Waals surface area (Å²) in [6, 6.07) is 12.8. The second-order valence-corrected chi connectivity index (χ2v) is 4.75. The van der Waals surface area contributed by atoms with Gasteiger partial charge in [0.1, 0.15) is 0 Å². The molecule has 1 N–H and O–H groups in total. The van der Waals surface area contributed by atoms with Crippen LogP contribution < -0.4 is 5.32 Å². The largest absolute Gasteiger partial charge is 0.379 e. The Labute approximate surface area is 107 Å². The van der Waals surface area contributed by atoms with Crippen LogP contribution in [0.1, 0.15) is 12.6 Å². The van der Waals surface area contributed by atoms with Crippen molar-refractivity contribution in [3.8, 4) is 0 Å². The lowest BCUT2D eigenvalue weighted by molar-refractivity contribution is 0.724. The van der Waals surface area contributed by atoms with Crippen LogP contribution in [0.3, 0.4) is 0 Å². The molecule has 0 spiro atoms. The molecule has 1 aromatic carbocycles. The van der Waals surface area contributed by atoms with E-state index in [9.17, 15) is 0 Å². The summed E-state index contributed by atoms with van der Waals surface area (Å²) in [5.74, 6) is 0. The third-order valence-corrected chi connectivity index (χ3v) is 3.57. The van der Waals surface area contributed by atoms with E-state index in [0.29, 0.717) is 0 Å². The van der Waals surface area contributed by atoms with E-state index in [1.807, 2.05) is 0 Å². The molecule has 1 aromatic heterocycles. The highest BCUT2D eigenvalue weighted by molar-refractivity contribution is 7.98. The summed E-state index contributed by atoms with van der Waals surface area (Å²) in [6.07, 6.45) is 4.21. The van der Waals surface area contributed by atoms with Crippen molar-refractivity contribution >= 4 is 17.4 Å². The molecule has 90 valence electrons. The molecular weight excluding hydrogens is 228 g/mol. The topological polar surface area (TPSA) is 17.0 Å². The molecule has 0 radical (unpaired) electrons. The third kappa shape index (κ3) is 3.07. The Morgan fingerprint density at radius 1 is 1.18 bits per heavy atom. The summed E-state index contributed by atoms with van der Waals surface area (Å²) in [5.41, 5.74) is 2.49. The number of hydrogen-bond acceptors (Lipinski definition) is 2. The van der Waals surface area contributed by atoms with E-state index in [2.05, 4.69) is 65.7 Å². The van der Waals surface area contributed by atoms with Gasteiger partial charge in [0, 0.05) is 29.0 Å². The van der Waals surface area contributed by atoms with Gasteiger partial charge in [-0.2, -0.15) is 0 Å². The quantitative estimate of drug-likeness (QED) is 0.807. The Bertz CT molecular complexity index is 459. The number of rotatable bonds is 5. The average Bonchev–Trinajstić information content (AvgIpc) is 2.84. The molecule has 2 aromatic rings. The lowest BCUT2D eigenvalue weighted by Crippen LogP contribution is -2.05. The molecule has 0 bridgehead atoms. The SMILES string of the molecule is CCn1cccc1CNc1ccc(SC)cc1. The molecule has 0 fully saturated rings. The molecule has 0 unspecified atom stereocenters. The molecule has 0 aliphatic rings. The van der Waals surface area contributed by atoms with Gasteiger partial charge in [-0.25, -0.2) is 0 Å². The summed E-state index contributed by atoms with van der Waals surface area (Å²) < 4.78 is 2.25. The monoisotopic (exact) mass is 246 g/mol. The Morgan fingerprint density at radius 3 is 2.59 bits per heavy atom. The Morgan fingerprint density at radius 2 is 1.94 bits per heavy atom. The van der Waals surface area contributed by atoms with E-state index < -0.39 is 0 Å². The zero-order valence-electron chi connectivity index (χ0n) is 10.3. The number of aromatic nitrogens is 1. The van der Waals surface area contributed by atoms with Gasteiger partial charge in [0.05, 0.1) is 6.54 Å². The number of anilines is 1. The van der Waals surface area contributed by atoms with Crippen LogP contribution in [0.2, 0.25) is 0 Å². The molecule has 0 aliphatic carbocycles. The first kappa shape index (κ1) is 12.1. The fraction of sp³-hybridized carbons (Fsp3) is 0.286. The Hall–Kier alpha value is -1.35. The second kappa shape index (κ2) is 5.82. The van der Waals surface area contributed by atoms with Crippen molar-refractivity contribution in [2.75, 3.05) is 11.6 Å². The first-order valence-electron chi connectivity index (χ1n) is 5.85. The molecule has 2 nitrogen and oxygen atoms in total. The maximum Gasteiger partial charge on any atom is 0.0553 e. The summed E-state index contributed by atoms with van der Waals surface area (Å²) >= 11 is 1.77. The van der Waals surface area contributed by atoms with Crippen molar-refractivity contribution in [2.24, 2.45) is 0 Å². The van der Waals surface area contributed by atoms with E-state index in [0.717, 1.165) is 13.1 Å². The minimum Gasteiger partial charge on any atom is -0.379 e. The van der Waals surface area contributed by atoms with Gasteiger partial charge >= 0.3 is 0 Å². The van der Waals surface area contributed by atoms with Crippen molar-refractivity contribution in [1.82, 2.24) is 4.57 Å². The van der Waals surface area contributed by atoms with Gasteiger partial charge in [-0.1, -0.05) is 0 Å². The fourth-order valence-corrected chi connectivity index (χ4v) is 2.23. The highest BCUT2D eigenvalue weighted by Crippen LogP contribution is 2.18. The molecular formula is C14H18N2S. The Kier molecular flexibility index (Phi) is 4.15. The van der Waals surface area contributed by atoms with Crippen LogP contribution in [0.5, 0.6) is 0 Å². The van der Waals surface area contributed by atoms with Crippen LogP contribution in [-0.4, -0.2) is 10.8 Å². The van der Waals surface area contributed by atoms with E-state index in [4.69, 9.17) is 0 Å². The van der Waals surface area contributed by atoms with Gasteiger partial charge in [0.2, 0.25) is 0 Å². The minimum atomic E-state index is 0.874. The summed E-state index contributed by atoms with van der Waals surface area (Å²) in [7, 11) is 0. The van der Waals surface area contributed by atoms with Crippen molar-refractivity contribution in [3.05, 3.63) is 48.3 Å². The van der Waals surface area contributed by atoms with Gasteiger partial charge in [-0.15, -0.1) is 11.8 Å². The predicted octanol–water partition coefficient (Wildman–Crippen LogP) is 3.84. The smallest absolute Gasteiger partial charge is 0.0553 e. The average molecular weight is 246 g/mol. The van der Waals surface area contributed by atoms with E-state index in [1.165, 1.54) is 16.3 Å². The lowest BCUT2D eigenvalue weighted by atomic mass is 10.3. The maximum absolute atomic E-state index is 3.44. The van der Waals surface area contributed by atoms with Crippen molar-refractivity contribution < 1.29 is 0 Å². The lowest BCUT2D eigenvalue weighted by Gasteiger charge is -2.09. The number of benzene rings is 1. The molecule has 17 heavy (non-hydrogen) atoms. The maximum atomic E-state index is 3.44. The zero-order valence-corrected chi connectivity index (χ0v) is 11.1. The van der Waals surface area contributed by atoms with Crippen molar-refractivity contribution in [1.29, 1.82) is 0 Å². The van der Waals surface area contributed by atoms with Gasteiger partial charge in [0.15, 0.2) is 0 Å². The Balaban J connectivity index is 1.97. The predicted molar refractivity (Wildman–Crippen MR) is 75.7 cm³/mol. The summed E-state index contributed by atoms with van der Waals surface area (Å²) in [6.45, 7) is 4.06. The fourth-order valence-electron chi connectivity index (χ4n) is 1.82. The van der Waals surface area contributed by atoms with Crippen LogP contribution in [0, 0.1) is 0 Å². The van der Waals surface area contributed by atoms with Crippen LogP contribution >= 0.6 is 11.8 Å². The van der Waals surface area contributed by atoms with E-state index in [1.54, 1.807) is 11.8 Å². The molecule has 0 saturated carbocycles. The summed E-state index contributed by atoms with van der Waals surface area (Å²) in [4.78, 5) is 1.30. The number of hydrogen-bond donors (Lipinski definition) is 1. The standard InChI is InChI=1S/C14H18N2S/c1-3-16-10-4-5-13(16)11-15-12-6-8-14(17-2)9-7-12/h4-10,15H,3,11H2,1-2H3. The first-order valence-corrected chi connectivity index (χ1v) is 7.08. The molecule has 0 saturated heterocycles. The van der Waals surface area contributed by atoms with Crippen LogP contribution in [-0.2, 0) is 13.1 Å². The van der Waals surface area contributed by atoms with Gasteiger partial charge < -0.3 is 9.88 Å². The number of nitrogens with zero attached hydrogens (tertiary/aromatic N) is 1. The third-order valence-electron chi connectivity index (χ3n) is 2.83. The molecule has 2 rings (SSSR count). The van der Waals surface area contributed by atoms with Crippen LogP contribution in [0.4, 0.5) is 5.69 Å². The van der Waals surface area contributed by atoms with Crippen LogP contribution in [0.25, 0.3) is 0 Å². The second-order valence-electron chi connectivity index (χ2n) is 3.87. The number of thioether (sulfide) groups is 1. The molecule has 0 amide bonds. The van der Waals surface area contributed by atoms with Crippen molar-refractivity contribution in [3.63, 3.8) is 0 Å². The van der Waals surface area contributed by atoms with E-state index in [-0.39, 0.29) is 0 Å². The van der Waals surface area contributed by atoms with Crippen molar-refractivity contribution in [2.45, 2.75) is 24.9 Å². The highest BCUT2D eigenvalue weighted by Gasteiger charge is 1.99. The number of nitrogens with one attached hydrogen (secondary N) is 1. The highest BCUT2D eigenvalue weighted by atomic mass is 32.2. The van der Waals surface area contributed by atoms with Gasteiger partial charge in [0.25, 0.3) is 0 Å². The van der Waals surface area contributed by atoms with E-state index >= 15 is 0 Å². The molecule has 0 aliphatic heterocycles. The first-order chi connectivity index (χ1) is 8.33. The minimum absolute atomic E-state index is 0.874. The summed E-state index contributed by atoms with van der Waals surface area (Å²) in [5, 5.41) is 3.44. The molecule has 3 heteroatoms. The van der Waals surface area contributed by atoms with Crippen LogP contribution in [0.15, 0.2) is 47.5 Å². The van der Waals surface area contributed by atoms with Gasteiger partial charge in [-0.05, 0) is 49.6 Å². The number of aryl methyl sites for hydroxylation is 1. The normalized spacial score (nSPS) is 10.5.